The molecule has 0 amide bonds. The number of allylic oxidation sites excluding steroid dienone is 1. The van der Waals surface area contributed by atoms with Gasteiger partial charge in [-0.1, -0.05) is 43.7 Å². The van der Waals surface area contributed by atoms with Gasteiger partial charge in [-0.3, -0.25) is 0 Å². The number of fused-ring (bicyclic) bond motifs is 1. The summed E-state index contributed by atoms with van der Waals surface area (Å²) in [6.07, 6.45) is 3.17. The average Bonchev–Trinajstić information content (AvgIpc) is 3.03. The summed E-state index contributed by atoms with van der Waals surface area (Å²) < 4.78 is 7.04. The van der Waals surface area contributed by atoms with Crippen molar-refractivity contribution in [3.63, 3.8) is 0 Å². The molecule has 0 saturated carbocycles. The van der Waals surface area contributed by atoms with Gasteiger partial charge in [-0.25, -0.2) is 9.48 Å². The molecule has 0 bridgehead atoms. The summed E-state index contributed by atoms with van der Waals surface area (Å²) in [5.74, 6) is 0.341. The zero-order chi connectivity index (χ0) is 16.2. The van der Waals surface area contributed by atoms with Crippen molar-refractivity contribution in [1.82, 2.24) is 14.8 Å². The summed E-state index contributed by atoms with van der Waals surface area (Å²) in [4.78, 5) is 16.9. The van der Waals surface area contributed by atoms with Crippen LogP contribution >= 0.6 is 0 Å². The van der Waals surface area contributed by atoms with Crippen molar-refractivity contribution >= 4 is 11.9 Å². The highest BCUT2D eigenvalue weighted by molar-refractivity contribution is 5.92. The molecular formula is C17H20N4O2. The Morgan fingerprint density at radius 1 is 1.30 bits per heavy atom. The minimum absolute atomic E-state index is 0.307. The number of anilines is 1. The van der Waals surface area contributed by atoms with Crippen molar-refractivity contribution in [3.8, 4) is 0 Å². The highest BCUT2D eigenvalue weighted by Crippen LogP contribution is 2.36. The van der Waals surface area contributed by atoms with Crippen LogP contribution in [0.25, 0.3) is 0 Å². The Morgan fingerprint density at radius 3 is 2.78 bits per heavy atom. The van der Waals surface area contributed by atoms with Crippen LogP contribution in [0.15, 0.2) is 47.9 Å². The summed E-state index contributed by atoms with van der Waals surface area (Å²) in [6, 6.07) is 9.52. The van der Waals surface area contributed by atoms with E-state index < -0.39 is 0 Å². The van der Waals surface area contributed by atoms with Crippen molar-refractivity contribution in [2.24, 2.45) is 0 Å². The smallest absolute Gasteiger partial charge is 0.338 e. The lowest BCUT2D eigenvalue weighted by Gasteiger charge is -2.29. The van der Waals surface area contributed by atoms with E-state index in [0.29, 0.717) is 18.1 Å². The van der Waals surface area contributed by atoms with Crippen LogP contribution in [0.1, 0.15) is 38.3 Å². The summed E-state index contributed by atoms with van der Waals surface area (Å²) in [5.41, 5.74) is 2.45. The number of aromatic nitrogens is 3. The van der Waals surface area contributed by atoms with Gasteiger partial charge < -0.3 is 10.1 Å². The molecule has 2 aromatic rings. The standard InChI is InChI=1S/C17H20N4O2/c1-3-8-13-14(16(22)23-4-2)15(12-9-6-5-7-10-12)21-17(20-13)18-11-19-21/h5-7,9-11,15H,3-4,8H2,1-2H3,(H,18,19,20)/t15-/m0/s1. The highest BCUT2D eigenvalue weighted by atomic mass is 16.5. The third-order valence-corrected chi connectivity index (χ3v) is 3.79. The van der Waals surface area contributed by atoms with E-state index in [2.05, 4.69) is 22.3 Å². The number of benzene rings is 1. The fourth-order valence-corrected chi connectivity index (χ4v) is 2.85. The van der Waals surface area contributed by atoms with Gasteiger partial charge in [0.1, 0.15) is 12.4 Å². The Kier molecular flexibility index (Phi) is 4.41. The zero-order valence-electron chi connectivity index (χ0n) is 13.3. The molecule has 120 valence electrons. The highest BCUT2D eigenvalue weighted by Gasteiger charge is 2.35. The van der Waals surface area contributed by atoms with Gasteiger partial charge in [0.15, 0.2) is 0 Å². The maximum atomic E-state index is 12.6. The summed E-state index contributed by atoms with van der Waals surface area (Å²) in [5, 5.41) is 7.54. The first-order valence-electron chi connectivity index (χ1n) is 7.87. The molecule has 1 aromatic heterocycles. The SMILES string of the molecule is CCCC1=C(C(=O)OCC)[C@H](c2ccccc2)n2ncnc2N1. The Bertz CT molecular complexity index is 721. The van der Waals surface area contributed by atoms with Gasteiger partial charge in [-0.2, -0.15) is 10.1 Å². The normalized spacial score (nSPS) is 16.7. The molecule has 1 aliphatic rings. The van der Waals surface area contributed by atoms with Crippen LogP contribution in [-0.2, 0) is 9.53 Å². The largest absolute Gasteiger partial charge is 0.463 e. The molecule has 0 radical (unpaired) electrons. The first kappa shape index (κ1) is 15.3. The number of carbonyl (C=O) groups excluding carboxylic acids is 1. The zero-order valence-corrected chi connectivity index (χ0v) is 13.3. The van der Waals surface area contributed by atoms with Crippen LogP contribution in [0.5, 0.6) is 0 Å². The van der Waals surface area contributed by atoms with E-state index in [1.807, 2.05) is 37.3 Å². The predicted molar refractivity (Wildman–Crippen MR) is 86.8 cm³/mol. The number of hydrogen-bond donors (Lipinski definition) is 1. The topological polar surface area (TPSA) is 69.0 Å². The number of carbonyl (C=O) groups is 1. The van der Waals surface area contributed by atoms with Gasteiger partial charge >= 0.3 is 5.97 Å². The lowest BCUT2D eigenvalue weighted by Crippen LogP contribution is -2.30. The second kappa shape index (κ2) is 6.64. The van der Waals surface area contributed by atoms with E-state index in [1.165, 1.54) is 6.33 Å². The van der Waals surface area contributed by atoms with Gasteiger partial charge in [0.05, 0.1) is 12.2 Å². The monoisotopic (exact) mass is 312 g/mol. The van der Waals surface area contributed by atoms with Crippen molar-refractivity contribution in [1.29, 1.82) is 0 Å². The second-order valence-electron chi connectivity index (χ2n) is 5.33. The molecule has 6 heteroatoms. The van der Waals surface area contributed by atoms with Gasteiger partial charge in [-0.05, 0) is 18.9 Å². The van der Waals surface area contributed by atoms with Gasteiger partial charge in [0.2, 0.25) is 5.95 Å². The fourth-order valence-electron chi connectivity index (χ4n) is 2.85. The van der Waals surface area contributed by atoms with Crippen molar-refractivity contribution in [2.75, 3.05) is 11.9 Å². The second-order valence-corrected chi connectivity index (χ2v) is 5.33. The van der Waals surface area contributed by atoms with Gasteiger partial charge in [0, 0.05) is 5.70 Å². The maximum absolute atomic E-state index is 12.6. The van der Waals surface area contributed by atoms with E-state index in [0.717, 1.165) is 24.1 Å². The number of esters is 1. The van der Waals surface area contributed by atoms with Crippen LogP contribution in [0, 0.1) is 0 Å². The minimum Gasteiger partial charge on any atom is -0.463 e. The molecule has 23 heavy (non-hydrogen) atoms. The van der Waals surface area contributed by atoms with Crippen LogP contribution in [0.3, 0.4) is 0 Å². The van der Waals surface area contributed by atoms with Gasteiger partial charge in [-0.15, -0.1) is 0 Å². The summed E-state index contributed by atoms with van der Waals surface area (Å²) in [7, 11) is 0. The molecule has 0 aliphatic carbocycles. The van der Waals surface area contributed by atoms with Crippen molar-refractivity contribution < 1.29 is 9.53 Å². The predicted octanol–water partition coefficient (Wildman–Crippen LogP) is 2.91. The van der Waals surface area contributed by atoms with Crippen molar-refractivity contribution in [3.05, 3.63) is 53.5 Å². The van der Waals surface area contributed by atoms with Crippen LogP contribution in [0.4, 0.5) is 5.95 Å². The molecule has 0 spiro atoms. The first-order valence-corrected chi connectivity index (χ1v) is 7.87. The Morgan fingerprint density at radius 2 is 2.09 bits per heavy atom. The van der Waals surface area contributed by atoms with E-state index >= 15 is 0 Å². The Balaban J connectivity index is 2.15. The Hall–Kier alpha value is -2.63. The summed E-state index contributed by atoms with van der Waals surface area (Å²) in [6.45, 7) is 4.23. The van der Waals surface area contributed by atoms with E-state index in [-0.39, 0.29) is 12.0 Å². The maximum Gasteiger partial charge on any atom is 0.338 e. The molecule has 1 N–H and O–H groups in total. The van der Waals surface area contributed by atoms with Crippen molar-refractivity contribution in [2.45, 2.75) is 32.7 Å². The summed E-state index contributed by atoms with van der Waals surface area (Å²) >= 11 is 0. The molecule has 1 aliphatic heterocycles. The molecule has 1 atom stereocenters. The lowest BCUT2D eigenvalue weighted by atomic mass is 9.94. The third-order valence-electron chi connectivity index (χ3n) is 3.79. The van der Waals surface area contributed by atoms with Gasteiger partial charge in [0.25, 0.3) is 0 Å². The quantitative estimate of drug-likeness (QED) is 0.860. The number of hydrogen-bond acceptors (Lipinski definition) is 5. The van der Waals surface area contributed by atoms with E-state index in [9.17, 15) is 4.79 Å². The molecule has 3 rings (SSSR count). The molecule has 6 nitrogen and oxygen atoms in total. The van der Waals surface area contributed by atoms with Crippen LogP contribution in [-0.4, -0.2) is 27.3 Å². The van der Waals surface area contributed by atoms with Crippen LogP contribution < -0.4 is 5.32 Å². The Labute approximate surface area is 135 Å². The number of nitrogens with one attached hydrogen (secondary N) is 1. The fraction of sp³-hybridized carbons (Fsp3) is 0.353. The molecule has 0 fully saturated rings. The molecular weight excluding hydrogens is 292 g/mol. The van der Waals surface area contributed by atoms with E-state index in [4.69, 9.17) is 4.74 Å². The molecule has 2 heterocycles. The third kappa shape index (κ3) is 2.84. The molecule has 0 saturated heterocycles. The first-order chi connectivity index (χ1) is 11.3. The number of nitrogens with zero attached hydrogens (tertiary/aromatic N) is 3. The molecule has 1 aromatic carbocycles. The minimum atomic E-state index is -0.324. The number of ether oxygens (including phenoxy) is 1. The lowest BCUT2D eigenvalue weighted by molar-refractivity contribution is -0.139. The molecule has 0 unspecified atom stereocenters. The number of rotatable bonds is 5. The van der Waals surface area contributed by atoms with Crippen LogP contribution in [0.2, 0.25) is 0 Å². The van der Waals surface area contributed by atoms with E-state index in [1.54, 1.807) is 4.68 Å². The average molecular weight is 312 g/mol.